The van der Waals surface area contributed by atoms with Gasteiger partial charge in [0.25, 0.3) is 5.91 Å². The molecule has 0 aliphatic carbocycles. The zero-order chi connectivity index (χ0) is 19.2. The van der Waals surface area contributed by atoms with Crippen LogP contribution < -0.4 is 19.7 Å². The lowest BCUT2D eigenvalue weighted by atomic mass is 10.2. The molecule has 0 aliphatic heterocycles. The van der Waals surface area contributed by atoms with Crippen molar-refractivity contribution in [2.24, 2.45) is 0 Å². The van der Waals surface area contributed by atoms with Crippen molar-refractivity contribution >= 4 is 23.1 Å². The van der Waals surface area contributed by atoms with Crippen molar-refractivity contribution in [3.8, 4) is 11.5 Å². The average molecular weight is 364 g/mol. The zero-order valence-corrected chi connectivity index (χ0v) is 15.3. The average Bonchev–Trinajstić information content (AvgIpc) is 2.73. The second kappa shape index (κ2) is 8.18. The SMILES string of the molecule is COc1ccc(Nc2ccc(C(=O)N(C)c3ccccc3)nn2)cc1OC. The van der Waals surface area contributed by atoms with Gasteiger partial charge in [-0.2, -0.15) is 0 Å². The van der Waals surface area contributed by atoms with E-state index in [0.29, 0.717) is 17.3 Å². The van der Waals surface area contributed by atoms with Gasteiger partial charge in [-0.25, -0.2) is 0 Å². The molecule has 0 fully saturated rings. The minimum atomic E-state index is -0.230. The molecule has 0 atom stereocenters. The van der Waals surface area contributed by atoms with Crippen molar-refractivity contribution in [1.82, 2.24) is 10.2 Å². The van der Waals surface area contributed by atoms with Crippen LogP contribution >= 0.6 is 0 Å². The molecule has 0 radical (unpaired) electrons. The molecule has 1 N–H and O–H groups in total. The largest absolute Gasteiger partial charge is 0.493 e. The van der Waals surface area contributed by atoms with Gasteiger partial charge in [0.05, 0.1) is 14.2 Å². The van der Waals surface area contributed by atoms with Crippen LogP contribution in [0, 0.1) is 0 Å². The number of amides is 1. The summed E-state index contributed by atoms with van der Waals surface area (Å²) in [6.07, 6.45) is 0. The van der Waals surface area contributed by atoms with Crippen LogP contribution in [-0.2, 0) is 0 Å². The first kappa shape index (κ1) is 18.2. The topological polar surface area (TPSA) is 76.6 Å². The molecule has 0 unspecified atom stereocenters. The highest BCUT2D eigenvalue weighted by Gasteiger charge is 2.15. The maximum absolute atomic E-state index is 12.5. The molecule has 1 amide bonds. The van der Waals surface area contributed by atoms with E-state index in [9.17, 15) is 4.79 Å². The maximum atomic E-state index is 12.5. The Hall–Kier alpha value is -3.61. The molecule has 2 aromatic carbocycles. The number of hydrogen-bond donors (Lipinski definition) is 1. The normalized spacial score (nSPS) is 10.2. The van der Waals surface area contributed by atoms with Crippen molar-refractivity contribution in [2.75, 3.05) is 31.5 Å². The van der Waals surface area contributed by atoms with Crippen molar-refractivity contribution in [1.29, 1.82) is 0 Å². The van der Waals surface area contributed by atoms with Crippen LogP contribution in [0.1, 0.15) is 10.5 Å². The summed E-state index contributed by atoms with van der Waals surface area (Å²) >= 11 is 0. The molecular formula is C20H20N4O3. The number of carbonyl (C=O) groups is 1. The standard InChI is InChI=1S/C20H20N4O3/c1-24(15-7-5-4-6-8-15)20(25)16-10-12-19(23-22-16)21-14-9-11-17(26-2)18(13-14)27-3/h4-13H,1-3H3,(H,21,23). The van der Waals surface area contributed by atoms with Crippen molar-refractivity contribution in [3.05, 3.63) is 66.4 Å². The van der Waals surface area contributed by atoms with Gasteiger partial charge >= 0.3 is 0 Å². The van der Waals surface area contributed by atoms with E-state index in [1.807, 2.05) is 36.4 Å². The van der Waals surface area contributed by atoms with Crippen LogP contribution in [0.5, 0.6) is 11.5 Å². The van der Waals surface area contributed by atoms with Crippen LogP contribution in [0.4, 0.5) is 17.2 Å². The Labute approximate surface area is 157 Å². The number of nitrogens with zero attached hydrogens (tertiary/aromatic N) is 3. The van der Waals surface area contributed by atoms with E-state index >= 15 is 0 Å². The molecule has 138 valence electrons. The van der Waals surface area contributed by atoms with Gasteiger partial charge in [-0.15, -0.1) is 10.2 Å². The Bertz CT molecular complexity index is 914. The number of carbonyl (C=O) groups excluding carboxylic acids is 1. The van der Waals surface area contributed by atoms with E-state index in [2.05, 4.69) is 15.5 Å². The van der Waals surface area contributed by atoms with Gasteiger partial charge in [0.1, 0.15) is 0 Å². The molecule has 27 heavy (non-hydrogen) atoms. The van der Waals surface area contributed by atoms with E-state index in [0.717, 1.165) is 11.4 Å². The van der Waals surface area contributed by atoms with Crippen LogP contribution in [0.2, 0.25) is 0 Å². The summed E-state index contributed by atoms with van der Waals surface area (Å²) in [6, 6.07) is 18.1. The Morgan fingerprint density at radius 2 is 1.67 bits per heavy atom. The van der Waals surface area contributed by atoms with E-state index in [-0.39, 0.29) is 11.6 Å². The summed E-state index contributed by atoms with van der Waals surface area (Å²) in [5.74, 6) is 1.53. The molecule has 0 bridgehead atoms. The van der Waals surface area contributed by atoms with Crippen molar-refractivity contribution < 1.29 is 14.3 Å². The van der Waals surface area contributed by atoms with E-state index in [1.54, 1.807) is 45.5 Å². The Morgan fingerprint density at radius 3 is 2.30 bits per heavy atom. The molecule has 3 rings (SSSR count). The number of para-hydroxylation sites is 1. The first-order chi connectivity index (χ1) is 13.1. The minimum absolute atomic E-state index is 0.230. The monoisotopic (exact) mass is 364 g/mol. The van der Waals surface area contributed by atoms with Crippen LogP contribution in [-0.4, -0.2) is 37.4 Å². The van der Waals surface area contributed by atoms with Gasteiger partial charge in [0, 0.05) is 24.5 Å². The summed E-state index contributed by atoms with van der Waals surface area (Å²) in [5, 5.41) is 11.2. The number of rotatable bonds is 6. The highest BCUT2D eigenvalue weighted by atomic mass is 16.5. The lowest BCUT2D eigenvalue weighted by Gasteiger charge is -2.16. The van der Waals surface area contributed by atoms with Crippen LogP contribution in [0.25, 0.3) is 0 Å². The predicted molar refractivity (Wildman–Crippen MR) is 104 cm³/mol. The lowest BCUT2D eigenvalue weighted by Crippen LogP contribution is -2.27. The smallest absolute Gasteiger partial charge is 0.278 e. The first-order valence-electron chi connectivity index (χ1n) is 8.28. The number of benzene rings is 2. The van der Waals surface area contributed by atoms with Crippen LogP contribution in [0.15, 0.2) is 60.7 Å². The van der Waals surface area contributed by atoms with Gasteiger partial charge in [-0.3, -0.25) is 4.79 Å². The first-order valence-corrected chi connectivity index (χ1v) is 8.28. The molecular weight excluding hydrogens is 344 g/mol. The van der Waals surface area contributed by atoms with Gasteiger partial charge in [0.15, 0.2) is 23.0 Å². The quantitative estimate of drug-likeness (QED) is 0.721. The number of aromatic nitrogens is 2. The minimum Gasteiger partial charge on any atom is -0.493 e. The molecule has 3 aromatic rings. The molecule has 7 heteroatoms. The maximum Gasteiger partial charge on any atom is 0.278 e. The Balaban J connectivity index is 1.73. The third-order valence-corrected chi connectivity index (χ3v) is 3.99. The van der Waals surface area contributed by atoms with Gasteiger partial charge in [-0.1, -0.05) is 18.2 Å². The Kier molecular flexibility index (Phi) is 5.51. The fraction of sp³-hybridized carbons (Fsp3) is 0.150. The molecule has 1 aromatic heterocycles. The lowest BCUT2D eigenvalue weighted by molar-refractivity contribution is 0.0987. The number of ether oxygens (including phenoxy) is 2. The highest BCUT2D eigenvalue weighted by molar-refractivity contribution is 6.04. The molecule has 0 saturated heterocycles. The fourth-order valence-electron chi connectivity index (χ4n) is 2.52. The fourth-order valence-corrected chi connectivity index (χ4v) is 2.52. The van der Waals surface area contributed by atoms with E-state index in [4.69, 9.17) is 9.47 Å². The number of anilines is 3. The number of hydrogen-bond acceptors (Lipinski definition) is 6. The van der Waals surface area contributed by atoms with Gasteiger partial charge in [-0.05, 0) is 36.4 Å². The van der Waals surface area contributed by atoms with Crippen molar-refractivity contribution in [2.45, 2.75) is 0 Å². The van der Waals surface area contributed by atoms with Crippen LogP contribution in [0.3, 0.4) is 0 Å². The molecule has 7 nitrogen and oxygen atoms in total. The summed E-state index contributed by atoms with van der Waals surface area (Å²) in [7, 11) is 4.86. The Morgan fingerprint density at radius 1 is 0.926 bits per heavy atom. The van der Waals surface area contributed by atoms with Crippen molar-refractivity contribution in [3.63, 3.8) is 0 Å². The molecule has 1 heterocycles. The van der Waals surface area contributed by atoms with Gasteiger partial charge < -0.3 is 19.7 Å². The van der Waals surface area contributed by atoms with E-state index in [1.165, 1.54) is 4.90 Å². The van der Waals surface area contributed by atoms with E-state index < -0.39 is 0 Å². The number of nitrogens with one attached hydrogen (secondary N) is 1. The summed E-state index contributed by atoms with van der Waals surface area (Å²) in [5.41, 5.74) is 1.82. The molecule has 0 aliphatic rings. The number of methoxy groups -OCH3 is 2. The highest BCUT2D eigenvalue weighted by Crippen LogP contribution is 2.30. The second-order valence-corrected chi connectivity index (χ2v) is 5.70. The second-order valence-electron chi connectivity index (χ2n) is 5.70. The summed E-state index contributed by atoms with van der Waals surface area (Å²) in [4.78, 5) is 14.1. The predicted octanol–water partition coefficient (Wildman–Crippen LogP) is 3.51. The third kappa shape index (κ3) is 4.14. The summed E-state index contributed by atoms with van der Waals surface area (Å²) < 4.78 is 10.5. The zero-order valence-electron chi connectivity index (χ0n) is 15.3. The molecule has 0 spiro atoms. The summed E-state index contributed by atoms with van der Waals surface area (Å²) in [6.45, 7) is 0. The van der Waals surface area contributed by atoms with Gasteiger partial charge in [0.2, 0.25) is 0 Å². The third-order valence-electron chi connectivity index (χ3n) is 3.99. The molecule has 0 saturated carbocycles.